The first-order chi connectivity index (χ1) is 8.84. The topological polar surface area (TPSA) is 27.7 Å². The van der Waals surface area contributed by atoms with E-state index in [0.29, 0.717) is 0 Å². The molecule has 1 fully saturated rings. The van der Waals surface area contributed by atoms with Gasteiger partial charge in [0.15, 0.2) is 11.5 Å². The van der Waals surface area contributed by atoms with Gasteiger partial charge in [0.1, 0.15) is 0 Å². The molecule has 1 aromatic carbocycles. The van der Waals surface area contributed by atoms with Crippen LogP contribution in [0.25, 0.3) is 0 Å². The summed E-state index contributed by atoms with van der Waals surface area (Å²) in [4.78, 5) is 0. The summed E-state index contributed by atoms with van der Waals surface area (Å²) < 4.78 is 16.8. The van der Waals surface area contributed by atoms with E-state index in [1.165, 1.54) is 5.56 Å². The van der Waals surface area contributed by atoms with Crippen LogP contribution in [0.1, 0.15) is 18.4 Å². The zero-order chi connectivity index (χ0) is 12.4. The zero-order valence-electron chi connectivity index (χ0n) is 10.4. The molecule has 0 radical (unpaired) electrons. The zero-order valence-corrected chi connectivity index (χ0v) is 11.2. The van der Waals surface area contributed by atoms with Gasteiger partial charge in [-0.1, -0.05) is 6.07 Å². The smallest absolute Gasteiger partial charge is 0.161 e. The number of thiol groups is 1. The fourth-order valence-electron chi connectivity index (χ4n) is 2.51. The third-order valence-corrected chi connectivity index (χ3v) is 3.93. The summed E-state index contributed by atoms with van der Waals surface area (Å²) in [5.41, 5.74) is 1.42. The lowest BCUT2D eigenvalue weighted by atomic mass is 9.76. The molecule has 4 heteroatoms. The molecule has 0 spiro atoms. The van der Waals surface area contributed by atoms with Crippen molar-refractivity contribution in [3.8, 4) is 11.5 Å². The number of hydrogen-bond donors (Lipinski definition) is 1. The fraction of sp³-hybridized carbons (Fsp3) is 0.571. The van der Waals surface area contributed by atoms with Crippen molar-refractivity contribution in [2.24, 2.45) is 0 Å². The molecular weight excluding hydrogens is 248 g/mol. The number of ether oxygens (including phenoxy) is 3. The molecule has 0 unspecified atom stereocenters. The van der Waals surface area contributed by atoms with Crippen molar-refractivity contribution in [2.75, 3.05) is 32.2 Å². The van der Waals surface area contributed by atoms with E-state index in [0.717, 1.165) is 56.5 Å². The van der Waals surface area contributed by atoms with Crippen molar-refractivity contribution in [2.45, 2.75) is 18.3 Å². The highest BCUT2D eigenvalue weighted by molar-refractivity contribution is 7.80. The molecule has 1 aromatic rings. The highest BCUT2D eigenvalue weighted by Crippen LogP contribution is 2.40. The van der Waals surface area contributed by atoms with E-state index in [2.05, 4.69) is 24.8 Å². The van der Waals surface area contributed by atoms with Crippen LogP contribution < -0.4 is 9.47 Å². The van der Waals surface area contributed by atoms with E-state index in [4.69, 9.17) is 14.2 Å². The second-order valence-corrected chi connectivity index (χ2v) is 5.41. The van der Waals surface area contributed by atoms with Crippen molar-refractivity contribution >= 4 is 12.6 Å². The average molecular weight is 266 g/mol. The van der Waals surface area contributed by atoms with Crippen LogP contribution in [0.2, 0.25) is 0 Å². The summed E-state index contributed by atoms with van der Waals surface area (Å²) >= 11 is 4.36. The van der Waals surface area contributed by atoms with Gasteiger partial charge in [0, 0.05) is 11.8 Å². The minimum absolute atomic E-state index is 0.131. The van der Waals surface area contributed by atoms with Crippen LogP contribution in [0.15, 0.2) is 18.2 Å². The maximum absolute atomic E-state index is 5.75. The normalized spacial score (nSPS) is 20.9. The van der Waals surface area contributed by atoms with E-state index in [9.17, 15) is 0 Å². The van der Waals surface area contributed by atoms with Gasteiger partial charge in [-0.2, -0.15) is 12.6 Å². The number of hydrogen-bond acceptors (Lipinski definition) is 4. The van der Waals surface area contributed by atoms with E-state index in [1.807, 2.05) is 6.07 Å². The molecular formula is C14H18O3S. The van der Waals surface area contributed by atoms with Crippen LogP contribution in [0.3, 0.4) is 0 Å². The third-order valence-electron chi connectivity index (χ3n) is 3.71. The molecule has 0 aromatic heterocycles. The third kappa shape index (κ3) is 2.08. The molecule has 98 valence electrons. The predicted molar refractivity (Wildman–Crippen MR) is 73.0 cm³/mol. The van der Waals surface area contributed by atoms with Crippen molar-refractivity contribution < 1.29 is 14.2 Å². The molecule has 2 aliphatic heterocycles. The SMILES string of the molecule is SCCC1(c2ccc3c(c2)OCCCO3)COC1. The second kappa shape index (κ2) is 5.02. The van der Waals surface area contributed by atoms with Crippen LogP contribution in [-0.4, -0.2) is 32.2 Å². The minimum atomic E-state index is 0.131. The molecule has 0 atom stereocenters. The molecule has 0 N–H and O–H groups in total. The summed E-state index contributed by atoms with van der Waals surface area (Å²) in [6.07, 6.45) is 1.98. The number of rotatable bonds is 3. The second-order valence-electron chi connectivity index (χ2n) is 4.96. The largest absolute Gasteiger partial charge is 0.490 e. The van der Waals surface area contributed by atoms with Gasteiger partial charge >= 0.3 is 0 Å². The summed E-state index contributed by atoms with van der Waals surface area (Å²) in [7, 11) is 0. The van der Waals surface area contributed by atoms with Gasteiger partial charge in [-0.05, 0) is 29.9 Å². The van der Waals surface area contributed by atoms with Gasteiger partial charge in [0.25, 0.3) is 0 Å². The lowest BCUT2D eigenvalue weighted by Crippen LogP contribution is -2.47. The van der Waals surface area contributed by atoms with Crippen LogP contribution >= 0.6 is 12.6 Å². The lowest BCUT2D eigenvalue weighted by Gasteiger charge is -2.42. The Bertz CT molecular complexity index is 429. The molecule has 0 bridgehead atoms. The van der Waals surface area contributed by atoms with Gasteiger partial charge < -0.3 is 14.2 Å². The molecule has 2 heterocycles. The van der Waals surface area contributed by atoms with Crippen molar-refractivity contribution in [3.63, 3.8) is 0 Å². The Morgan fingerprint density at radius 3 is 2.56 bits per heavy atom. The summed E-state index contributed by atoms with van der Waals surface area (Å²) in [5.74, 6) is 2.60. The Kier molecular flexibility index (Phi) is 3.39. The quantitative estimate of drug-likeness (QED) is 0.852. The summed E-state index contributed by atoms with van der Waals surface area (Å²) in [6, 6.07) is 6.28. The van der Waals surface area contributed by atoms with E-state index < -0.39 is 0 Å². The molecule has 0 amide bonds. The molecule has 2 aliphatic rings. The number of fused-ring (bicyclic) bond motifs is 1. The molecule has 1 saturated heterocycles. The van der Waals surface area contributed by atoms with Crippen LogP contribution in [0.5, 0.6) is 11.5 Å². The van der Waals surface area contributed by atoms with E-state index in [-0.39, 0.29) is 5.41 Å². The van der Waals surface area contributed by atoms with Crippen molar-refractivity contribution in [3.05, 3.63) is 23.8 Å². The maximum atomic E-state index is 5.75. The molecule has 3 rings (SSSR count). The van der Waals surface area contributed by atoms with Gasteiger partial charge in [-0.15, -0.1) is 0 Å². The van der Waals surface area contributed by atoms with Gasteiger partial charge in [0.05, 0.1) is 26.4 Å². The molecule has 3 nitrogen and oxygen atoms in total. The van der Waals surface area contributed by atoms with Gasteiger partial charge in [-0.3, -0.25) is 0 Å². The standard InChI is InChI=1S/C14H18O3S/c18-7-4-14(9-15-10-14)11-2-3-12-13(8-11)17-6-1-5-16-12/h2-3,8,18H,1,4-7,9-10H2. The summed E-state index contributed by atoms with van der Waals surface area (Å²) in [6.45, 7) is 3.03. The van der Waals surface area contributed by atoms with Crippen molar-refractivity contribution in [1.82, 2.24) is 0 Å². The molecule has 0 aliphatic carbocycles. The highest BCUT2D eigenvalue weighted by Gasteiger charge is 2.40. The first kappa shape index (κ1) is 12.2. The van der Waals surface area contributed by atoms with Crippen LogP contribution in [0.4, 0.5) is 0 Å². The minimum Gasteiger partial charge on any atom is -0.490 e. The predicted octanol–water partition coefficient (Wildman–Crippen LogP) is 2.44. The van der Waals surface area contributed by atoms with Crippen molar-refractivity contribution in [1.29, 1.82) is 0 Å². The van der Waals surface area contributed by atoms with Gasteiger partial charge in [-0.25, -0.2) is 0 Å². The lowest BCUT2D eigenvalue weighted by molar-refractivity contribution is -0.0614. The first-order valence-corrected chi connectivity index (χ1v) is 7.06. The van der Waals surface area contributed by atoms with E-state index >= 15 is 0 Å². The van der Waals surface area contributed by atoms with Crippen LogP contribution in [0, 0.1) is 0 Å². The number of benzene rings is 1. The van der Waals surface area contributed by atoms with E-state index in [1.54, 1.807) is 0 Å². The Hall–Kier alpha value is -0.870. The Morgan fingerprint density at radius 1 is 1.11 bits per heavy atom. The van der Waals surface area contributed by atoms with Crippen LogP contribution in [-0.2, 0) is 10.2 Å². The monoisotopic (exact) mass is 266 g/mol. The Balaban J connectivity index is 1.91. The van der Waals surface area contributed by atoms with Gasteiger partial charge in [0.2, 0.25) is 0 Å². The molecule has 18 heavy (non-hydrogen) atoms. The molecule has 0 saturated carbocycles. The first-order valence-electron chi connectivity index (χ1n) is 6.43. The Labute approximate surface area is 113 Å². The maximum Gasteiger partial charge on any atom is 0.161 e. The Morgan fingerprint density at radius 2 is 1.89 bits per heavy atom. The average Bonchev–Trinajstić information content (AvgIpc) is 2.58. The summed E-state index contributed by atoms with van der Waals surface area (Å²) in [5, 5.41) is 0. The fourth-order valence-corrected chi connectivity index (χ4v) is 2.94. The highest BCUT2D eigenvalue weighted by atomic mass is 32.1.